The molecule has 0 aliphatic heterocycles. The highest BCUT2D eigenvalue weighted by Gasteiger charge is 2.01. The molecule has 0 aliphatic rings. The van der Waals surface area contributed by atoms with Crippen molar-refractivity contribution in [1.29, 1.82) is 0 Å². The predicted octanol–water partition coefficient (Wildman–Crippen LogP) is 1.22. The molecular weight excluding hydrogens is 134 g/mol. The first kappa shape index (κ1) is 11.9. The van der Waals surface area contributed by atoms with Gasteiger partial charge in [-0.1, -0.05) is 6.58 Å². The summed E-state index contributed by atoms with van der Waals surface area (Å²) < 4.78 is 0. The Morgan fingerprint density at radius 2 is 2.10 bits per heavy atom. The Balaban J connectivity index is 0. The third-order valence-corrected chi connectivity index (χ3v) is 0.601. The lowest BCUT2D eigenvalue weighted by molar-refractivity contribution is -0.265. The van der Waals surface area contributed by atoms with Crippen LogP contribution in [0.15, 0.2) is 12.2 Å². The van der Waals surface area contributed by atoms with Gasteiger partial charge < -0.3 is 6.15 Å². The van der Waals surface area contributed by atoms with Crippen molar-refractivity contribution in [3.63, 3.8) is 0 Å². The lowest BCUT2D eigenvalue weighted by Crippen LogP contribution is -2.05. The summed E-state index contributed by atoms with van der Waals surface area (Å²) in [5.74, 6) is -0.517. The molecule has 4 nitrogen and oxygen atoms in total. The molecule has 0 aliphatic carbocycles. The first-order valence-electron chi connectivity index (χ1n) is 2.67. The summed E-state index contributed by atoms with van der Waals surface area (Å²) >= 11 is 0. The van der Waals surface area contributed by atoms with E-state index in [0.717, 1.165) is 0 Å². The minimum atomic E-state index is -0.517. The molecule has 0 radical (unpaired) electrons. The van der Waals surface area contributed by atoms with Crippen molar-refractivity contribution in [2.45, 2.75) is 13.8 Å². The number of hydrogen-bond donors (Lipinski definition) is 1. The van der Waals surface area contributed by atoms with Crippen molar-refractivity contribution in [2.75, 3.05) is 6.61 Å². The Morgan fingerprint density at radius 3 is 2.40 bits per heavy atom. The Bertz CT molecular complexity index is 122. The van der Waals surface area contributed by atoms with Gasteiger partial charge in [-0.25, -0.2) is 4.79 Å². The van der Waals surface area contributed by atoms with E-state index in [1.807, 2.05) is 0 Å². The lowest BCUT2D eigenvalue weighted by atomic mass is 10.4. The molecule has 0 bridgehead atoms. The second kappa shape index (κ2) is 6.25. The number of carbonyl (C=O) groups is 1. The van der Waals surface area contributed by atoms with Crippen LogP contribution in [0.25, 0.3) is 0 Å². The molecule has 0 amide bonds. The van der Waals surface area contributed by atoms with Crippen LogP contribution in [0.5, 0.6) is 0 Å². The van der Waals surface area contributed by atoms with Gasteiger partial charge in [0.05, 0.1) is 6.61 Å². The largest absolute Gasteiger partial charge is 0.368 e. The van der Waals surface area contributed by atoms with Gasteiger partial charge in [0.25, 0.3) is 0 Å². The highest BCUT2D eigenvalue weighted by atomic mass is 17.2. The van der Waals surface area contributed by atoms with Crippen molar-refractivity contribution in [3.8, 4) is 0 Å². The van der Waals surface area contributed by atoms with Crippen molar-refractivity contribution in [3.05, 3.63) is 12.2 Å². The molecule has 0 saturated carbocycles. The number of hydrogen-bond acceptors (Lipinski definition) is 4. The van der Waals surface area contributed by atoms with Crippen LogP contribution in [-0.4, -0.2) is 12.6 Å². The standard InChI is InChI=1S/C6H10O3.H3N/c1-4-8-9-6(7)5(2)3;/h2,4H2,1,3H3;1H3. The van der Waals surface area contributed by atoms with E-state index in [2.05, 4.69) is 16.4 Å². The Kier molecular flexibility index (Phi) is 7.42. The van der Waals surface area contributed by atoms with Crippen molar-refractivity contribution < 1.29 is 14.6 Å². The van der Waals surface area contributed by atoms with E-state index >= 15 is 0 Å². The number of rotatable bonds is 3. The fourth-order valence-electron chi connectivity index (χ4n) is 0.184. The van der Waals surface area contributed by atoms with E-state index in [1.165, 1.54) is 0 Å². The van der Waals surface area contributed by atoms with E-state index in [4.69, 9.17) is 0 Å². The van der Waals surface area contributed by atoms with Crippen LogP contribution >= 0.6 is 0 Å². The Morgan fingerprint density at radius 1 is 1.60 bits per heavy atom. The maximum atomic E-state index is 10.5. The molecule has 0 aromatic heterocycles. The molecule has 0 saturated heterocycles. The van der Waals surface area contributed by atoms with Gasteiger partial charge in [-0.15, -0.1) is 0 Å². The Labute approximate surface area is 60.3 Å². The van der Waals surface area contributed by atoms with Crippen LogP contribution in [0.3, 0.4) is 0 Å². The first-order chi connectivity index (χ1) is 4.18. The quantitative estimate of drug-likeness (QED) is 0.370. The molecule has 0 heterocycles. The molecule has 3 N–H and O–H groups in total. The zero-order chi connectivity index (χ0) is 7.28. The summed E-state index contributed by atoms with van der Waals surface area (Å²) in [6.45, 7) is 7.00. The van der Waals surface area contributed by atoms with Gasteiger partial charge in [0.1, 0.15) is 0 Å². The molecular formula is C6H13NO3. The molecule has 60 valence electrons. The number of carbonyl (C=O) groups excluding carboxylic acids is 1. The maximum Gasteiger partial charge on any atom is 0.368 e. The van der Waals surface area contributed by atoms with Gasteiger partial charge >= 0.3 is 5.97 Å². The van der Waals surface area contributed by atoms with Crippen molar-refractivity contribution >= 4 is 5.97 Å². The monoisotopic (exact) mass is 147 g/mol. The lowest BCUT2D eigenvalue weighted by Gasteiger charge is -1.97. The summed E-state index contributed by atoms with van der Waals surface area (Å²) in [5, 5.41) is 0. The van der Waals surface area contributed by atoms with E-state index in [0.29, 0.717) is 12.2 Å². The second-order valence-corrected chi connectivity index (χ2v) is 1.56. The summed E-state index contributed by atoms with van der Waals surface area (Å²) in [6.07, 6.45) is 0. The molecule has 10 heavy (non-hydrogen) atoms. The zero-order valence-corrected chi connectivity index (χ0v) is 6.35. The van der Waals surface area contributed by atoms with Crippen LogP contribution in [0.4, 0.5) is 0 Å². The third kappa shape index (κ3) is 5.27. The molecule has 0 spiro atoms. The highest BCUT2D eigenvalue weighted by Crippen LogP contribution is 1.91. The minimum absolute atomic E-state index is 0. The van der Waals surface area contributed by atoms with Crippen molar-refractivity contribution in [1.82, 2.24) is 6.15 Å². The first-order valence-corrected chi connectivity index (χ1v) is 2.67. The summed E-state index contributed by atoms with van der Waals surface area (Å²) in [4.78, 5) is 19.0. The predicted molar refractivity (Wildman–Crippen MR) is 37.6 cm³/mol. The zero-order valence-electron chi connectivity index (χ0n) is 6.35. The molecule has 0 atom stereocenters. The van der Waals surface area contributed by atoms with Gasteiger partial charge in [0.2, 0.25) is 0 Å². The van der Waals surface area contributed by atoms with Gasteiger partial charge in [0.15, 0.2) is 0 Å². The molecule has 0 unspecified atom stereocenters. The smallest absolute Gasteiger partial charge is 0.344 e. The normalized spacial score (nSPS) is 7.80. The van der Waals surface area contributed by atoms with Gasteiger partial charge in [0, 0.05) is 5.57 Å². The van der Waals surface area contributed by atoms with Crippen LogP contribution in [-0.2, 0) is 14.6 Å². The van der Waals surface area contributed by atoms with E-state index in [9.17, 15) is 4.79 Å². The van der Waals surface area contributed by atoms with Gasteiger partial charge in [-0.3, -0.25) is 4.89 Å². The van der Waals surface area contributed by atoms with E-state index in [-0.39, 0.29) is 6.15 Å². The summed E-state index contributed by atoms with van der Waals surface area (Å²) in [5.41, 5.74) is 0.337. The van der Waals surface area contributed by atoms with Crippen molar-refractivity contribution in [2.24, 2.45) is 0 Å². The second-order valence-electron chi connectivity index (χ2n) is 1.56. The van der Waals surface area contributed by atoms with Crippen LogP contribution in [0.1, 0.15) is 13.8 Å². The third-order valence-electron chi connectivity index (χ3n) is 0.601. The van der Waals surface area contributed by atoms with Gasteiger partial charge in [-0.2, -0.15) is 4.89 Å². The molecule has 0 rings (SSSR count). The van der Waals surface area contributed by atoms with Gasteiger partial charge in [-0.05, 0) is 13.8 Å². The summed E-state index contributed by atoms with van der Waals surface area (Å²) in [7, 11) is 0. The fraction of sp³-hybridized carbons (Fsp3) is 0.500. The van der Waals surface area contributed by atoms with E-state index < -0.39 is 5.97 Å². The molecule has 0 fully saturated rings. The topological polar surface area (TPSA) is 70.5 Å². The minimum Gasteiger partial charge on any atom is -0.344 e. The average Bonchev–Trinajstić information content (AvgIpc) is 1.82. The molecule has 0 aromatic carbocycles. The fourth-order valence-corrected chi connectivity index (χ4v) is 0.184. The average molecular weight is 147 g/mol. The van der Waals surface area contributed by atoms with E-state index in [1.54, 1.807) is 13.8 Å². The molecule has 0 aromatic rings. The van der Waals surface area contributed by atoms with Crippen LogP contribution in [0.2, 0.25) is 0 Å². The van der Waals surface area contributed by atoms with Crippen LogP contribution < -0.4 is 6.15 Å². The SMILES string of the molecule is C=C(C)C(=O)OOCC.N. The maximum absolute atomic E-state index is 10.5. The van der Waals surface area contributed by atoms with Crippen LogP contribution in [0, 0.1) is 0 Å². The summed E-state index contributed by atoms with van der Waals surface area (Å²) in [6, 6.07) is 0. The molecule has 4 heteroatoms. The highest BCUT2D eigenvalue weighted by molar-refractivity contribution is 5.86. The Hall–Kier alpha value is -0.870.